The minimum absolute atomic E-state index is 0.0110. The maximum Gasteiger partial charge on any atom is 0.192 e. The lowest BCUT2D eigenvalue weighted by molar-refractivity contribution is -0.234. The van der Waals surface area contributed by atoms with Crippen LogP contribution in [0.2, 0.25) is 18.1 Å². The van der Waals surface area contributed by atoms with Gasteiger partial charge in [-0.05, 0) is 91.7 Å². The molecule has 0 aromatic heterocycles. The first-order valence-corrected chi connectivity index (χ1v) is 20.0. The van der Waals surface area contributed by atoms with E-state index in [1.54, 1.807) is 0 Å². The van der Waals surface area contributed by atoms with Gasteiger partial charge in [-0.15, -0.1) is 0 Å². The molecule has 0 aliphatic heterocycles. The Bertz CT molecular complexity index is 1420. The Labute approximate surface area is 259 Å². The predicted octanol–water partition coefficient (Wildman–Crippen LogP) is 8.71. The monoisotopic (exact) mass is 600 g/mol. The van der Waals surface area contributed by atoms with E-state index in [4.69, 9.17) is 4.43 Å². The van der Waals surface area contributed by atoms with Gasteiger partial charge < -0.3 is 9.22 Å². The summed E-state index contributed by atoms with van der Waals surface area (Å²) in [6, 6.07) is 7.64. The molecular formula is C38H52O4Si. The van der Waals surface area contributed by atoms with Crippen molar-refractivity contribution in [1.82, 2.24) is 0 Å². The van der Waals surface area contributed by atoms with E-state index < -0.39 is 13.7 Å². The third-order valence-corrected chi connectivity index (χ3v) is 19.7. The number of ketones is 2. The van der Waals surface area contributed by atoms with Gasteiger partial charge in [0.1, 0.15) is 6.29 Å². The second-order valence-electron chi connectivity index (χ2n) is 17.6. The van der Waals surface area contributed by atoms with Gasteiger partial charge in [0.2, 0.25) is 0 Å². The third kappa shape index (κ3) is 3.50. The summed E-state index contributed by atoms with van der Waals surface area (Å²) in [6.45, 7) is 18.6. The highest BCUT2D eigenvalue weighted by Gasteiger charge is 2.79. The van der Waals surface area contributed by atoms with Crippen LogP contribution in [0.4, 0.5) is 0 Å². The molecule has 4 nitrogen and oxygen atoms in total. The average molecular weight is 601 g/mol. The first-order valence-electron chi connectivity index (χ1n) is 17.1. The van der Waals surface area contributed by atoms with Crippen LogP contribution in [0.25, 0.3) is 0 Å². The summed E-state index contributed by atoms with van der Waals surface area (Å²) in [5.74, 6) is 0.685. The molecule has 11 atom stereocenters. The SMILES string of the molecule is CC(C=O)C1CCC2[C@]1(C)CCC1[C@]23C=C[C@]2(C[C@@H](O[Si](C)(C)C(C)(C)C)CC[C@]12C)C1C(=O)c2ccccc2C(=O)C13. The summed E-state index contributed by atoms with van der Waals surface area (Å²) in [4.78, 5) is 42.0. The van der Waals surface area contributed by atoms with Crippen molar-refractivity contribution in [2.24, 2.45) is 57.2 Å². The van der Waals surface area contributed by atoms with E-state index in [0.29, 0.717) is 28.9 Å². The molecule has 8 rings (SSSR count). The molecule has 6 unspecified atom stereocenters. The van der Waals surface area contributed by atoms with Gasteiger partial charge in [0.05, 0.1) is 0 Å². The van der Waals surface area contributed by atoms with Gasteiger partial charge in [0, 0.05) is 45.8 Å². The van der Waals surface area contributed by atoms with Crippen molar-refractivity contribution in [3.8, 4) is 0 Å². The zero-order chi connectivity index (χ0) is 31.0. The highest BCUT2D eigenvalue weighted by atomic mass is 28.4. The van der Waals surface area contributed by atoms with Crippen LogP contribution in [0, 0.1) is 57.2 Å². The summed E-state index contributed by atoms with van der Waals surface area (Å²) in [6.07, 6.45) is 13.4. The molecule has 0 heterocycles. The molecule has 4 saturated carbocycles. The van der Waals surface area contributed by atoms with Gasteiger partial charge in [-0.2, -0.15) is 0 Å². The standard InChI is InChI=1S/C38H52O4Si/c1-23(22-39)27-13-14-28-35(27,5)17-16-29-36(6)18-15-24(42-43(7,8)34(2,3)4)21-37(36)19-20-38(28,29)31-30(37)32(40)25-11-9-10-12-26(25)33(31)41/h9-12,19-20,22-24,27-31H,13-18,21H2,1-8H3/t23?,24-,27?,28?,29?,30?,31?,35+,36+,37-,38-/m0/s1. The average Bonchev–Trinajstić information content (AvgIpc) is 3.32. The van der Waals surface area contributed by atoms with E-state index in [-0.39, 0.29) is 56.7 Å². The molecule has 7 aliphatic rings. The molecule has 2 spiro atoms. The Morgan fingerprint density at radius 2 is 1.56 bits per heavy atom. The Balaban J connectivity index is 1.42. The highest BCUT2D eigenvalue weighted by Crippen LogP contribution is 2.82. The second-order valence-corrected chi connectivity index (χ2v) is 22.3. The molecule has 43 heavy (non-hydrogen) atoms. The molecule has 5 heteroatoms. The largest absolute Gasteiger partial charge is 0.414 e. The van der Waals surface area contributed by atoms with Crippen molar-refractivity contribution in [2.75, 3.05) is 0 Å². The fourth-order valence-electron chi connectivity index (χ4n) is 12.3. The van der Waals surface area contributed by atoms with Gasteiger partial charge in [0.15, 0.2) is 19.9 Å². The van der Waals surface area contributed by atoms with Gasteiger partial charge in [-0.25, -0.2) is 0 Å². The van der Waals surface area contributed by atoms with Crippen LogP contribution < -0.4 is 0 Å². The quantitative estimate of drug-likeness (QED) is 0.197. The molecule has 0 radical (unpaired) electrons. The zero-order valence-corrected chi connectivity index (χ0v) is 28.7. The number of hydrogen-bond donors (Lipinski definition) is 0. The van der Waals surface area contributed by atoms with Gasteiger partial charge in [-0.3, -0.25) is 9.59 Å². The number of rotatable bonds is 4. The van der Waals surface area contributed by atoms with Gasteiger partial charge >= 0.3 is 0 Å². The molecule has 0 amide bonds. The Morgan fingerprint density at radius 3 is 2.19 bits per heavy atom. The van der Waals surface area contributed by atoms with Gasteiger partial charge in [-0.1, -0.05) is 78.0 Å². The topological polar surface area (TPSA) is 60.4 Å². The number of hydrogen-bond acceptors (Lipinski definition) is 4. The highest BCUT2D eigenvalue weighted by molar-refractivity contribution is 6.74. The van der Waals surface area contributed by atoms with E-state index >= 15 is 0 Å². The maximum atomic E-state index is 15.0. The first-order chi connectivity index (χ1) is 20.1. The fraction of sp³-hybridized carbons (Fsp3) is 0.711. The van der Waals surface area contributed by atoms with E-state index in [1.807, 2.05) is 24.3 Å². The lowest BCUT2D eigenvalue weighted by Gasteiger charge is -2.76. The fourth-order valence-corrected chi connectivity index (χ4v) is 13.7. The van der Waals surface area contributed by atoms with Crippen LogP contribution >= 0.6 is 0 Å². The first kappa shape index (κ1) is 29.8. The van der Waals surface area contributed by atoms with E-state index in [1.165, 1.54) is 0 Å². The van der Waals surface area contributed by atoms with Gasteiger partial charge in [0.25, 0.3) is 0 Å². The van der Waals surface area contributed by atoms with Crippen LogP contribution in [0.1, 0.15) is 107 Å². The summed E-state index contributed by atoms with van der Waals surface area (Å²) < 4.78 is 7.14. The smallest absolute Gasteiger partial charge is 0.192 e. The number of allylic oxidation sites excluding steroid dienone is 2. The number of carbonyl (C=O) groups is 3. The van der Waals surface area contributed by atoms with Crippen molar-refractivity contribution in [3.05, 3.63) is 47.5 Å². The summed E-state index contributed by atoms with van der Waals surface area (Å²) >= 11 is 0. The van der Waals surface area contributed by atoms with Crippen molar-refractivity contribution in [2.45, 2.75) is 111 Å². The minimum atomic E-state index is -2.03. The van der Waals surface area contributed by atoms with Crippen molar-refractivity contribution in [3.63, 3.8) is 0 Å². The third-order valence-electron chi connectivity index (χ3n) is 15.2. The zero-order valence-electron chi connectivity index (χ0n) is 27.7. The number of fused-ring (bicyclic) bond motifs is 2. The number of carbonyl (C=O) groups excluding carboxylic acids is 3. The van der Waals surface area contributed by atoms with E-state index in [2.05, 4.69) is 66.8 Å². The Morgan fingerprint density at radius 1 is 0.907 bits per heavy atom. The maximum absolute atomic E-state index is 15.0. The molecule has 4 fully saturated rings. The number of benzene rings is 1. The second kappa shape index (κ2) is 9.12. The number of aldehydes is 1. The Hall–Kier alpha value is -1.85. The van der Waals surface area contributed by atoms with Crippen LogP contribution in [-0.4, -0.2) is 32.3 Å². The molecule has 7 aliphatic carbocycles. The van der Waals surface area contributed by atoms with Crippen molar-refractivity contribution >= 4 is 26.2 Å². The lowest BCUT2D eigenvalue weighted by Crippen LogP contribution is -2.75. The van der Waals surface area contributed by atoms with E-state index in [9.17, 15) is 14.4 Å². The molecular weight excluding hydrogens is 549 g/mol. The Kier molecular flexibility index (Phi) is 6.33. The van der Waals surface area contributed by atoms with E-state index in [0.717, 1.165) is 51.2 Å². The predicted molar refractivity (Wildman–Crippen MR) is 172 cm³/mol. The molecule has 0 saturated heterocycles. The minimum Gasteiger partial charge on any atom is -0.414 e. The summed E-state index contributed by atoms with van der Waals surface area (Å²) in [7, 11) is -2.03. The molecule has 0 N–H and O–H groups in total. The number of Topliss-reactive ketones (excluding diaryl/α,β-unsaturated/α-hetero) is 2. The van der Waals surface area contributed by atoms with Crippen LogP contribution in [-0.2, 0) is 9.22 Å². The van der Waals surface area contributed by atoms with Crippen molar-refractivity contribution < 1.29 is 18.8 Å². The van der Waals surface area contributed by atoms with Crippen LogP contribution in [0.5, 0.6) is 0 Å². The lowest BCUT2D eigenvalue weighted by atomic mass is 9.26. The van der Waals surface area contributed by atoms with Crippen LogP contribution in [0.3, 0.4) is 0 Å². The van der Waals surface area contributed by atoms with Crippen molar-refractivity contribution in [1.29, 1.82) is 0 Å². The summed E-state index contributed by atoms with van der Waals surface area (Å²) in [5, 5.41) is 0.110. The molecule has 1 aromatic rings. The molecule has 2 bridgehead atoms. The molecule has 232 valence electrons. The summed E-state index contributed by atoms with van der Waals surface area (Å²) in [5.41, 5.74) is 0.436. The van der Waals surface area contributed by atoms with Crippen LogP contribution in [0.15, 0.2) is 36.4 Å². The normalized spacial score (nSPS) is 45.5. The molecule has 1 aromatic carbocycles.